The molecule has 1 aromatic heterocycles. The number of rotatable bonds is 7. The number of carbonyl (C=O) groups excluding carboxylic acids is 1. The molecule has 0 radical (unpaired) electrons. The van der Waals surface area contributed by atoms with Gasteiger partial charge in [-0.2, -0.15) is 13.2 Å². The number of fused-ring (bicyclic) bond motifs is 1. The van der Waals surface area contributed by atoms with Gasteiger partial charge in [0.1, 0.15) is 0 Å². The van der Waals surface area contributed by atoms with E-state index in [1.165, 1.54) is 6.07 Å². The highest BCUT2D eigenvalue weighted by molar-refractivity contribution is 5.99. The molecular weight excluding hydrogens is 553 g/mol. The fourth-order valence-electron chi connectivity index (χ4n) is 5.54. The monoisotopic (exact) mass is 584 g/mol. The standard InChI is InChI=1S/C35H31F3N2O3/c1-20-9-15-27(31(17-20)35(36,37)38)22(3)39-33(41)26-14-16-32-30(18-26)21(2)23(4)40(32)19-24-10-12-25(13-11-24)28-7-5-6-8-29(28)34(42)43/h5-18,22H,19H2,1-4H3,(H,39,41)(H,42,43)/t22-/m1/s1. The number of nitrogens with one attached hydrogen (secondary N) is 1. The minimum atomic E-state index is -4.53. The molecule has 0 aliphatic carbocycles. The smallest absolute Gasteiger partial charge is 0.416 e. The van der Waals surface area contributed by atoms with Gasteiger partial charge in [0.2, 0.25) is 0 Å². The van der Waals surface area contributed by atoms with Crippen LogP contribution in [0.15, 0.2) is 84.9 Å². The predicted octanol–water partition coefficient (Wildman–Crippen LogP) is 8.49. The summed E-state index contributed by atoms with van der Waals surface area (Å²) in [6, 6.07) is 23.2. The van der Waals surface area contributed by atoms with Crippen molar-refractivity contribution in [3.63, 3.8) is 0 Å². The number of aryl methyl sites for hydroxylation is 2. The first-order chi connectivity index (χ1) is 20.3. The van der Waals surface area contributed by atoms with Gasteiger partial charge in [-0.15, -0.1) is 0 Å². The number of amides is 1. The highest BCUT2D eigenvalue weighted by Gasteiger charge is 2.35. The van der Waals surface area contributed by atoms with Gasteiger partial charge in [-0.05, 0) is 85.8 Å². The first-order valence-corrected chi connectivity index (χ1v) is 13.8. The van der Waals surface area contributed by atoms with Crippen LogP contribution in [0.1, 0.15) is 67.2 Å². The molecule has 0 saturated carbocycles. The zero-order valence-electron chi connectivity index (χ0n) is 24.2. The molecular formula is C35H31F3N2O3. The van der Waals surface area contributed by atoms with E-state index >= 15 is 0 Å². The second kappa shape index (κ2) is 11.4. The van der Waals surface area contributed by atoms with Crippen molar-refractivity contribution in [3.8, 4) is 11.1 Å². The van der Waals surface area contributed by atoms with Crippen LogP contribution >= 0.6 is 0 Å². The number of carboxylic acids is 1. The summed E-state index contributed by atoms with van der Waals surface area (Å²) in [6.07, 6.45) is -4.53. The van der Waals surface area contributed by atoms with Crippen LogP contribution in [0, 0.1) is 20.8 Å². The van der Waals surface area contributed by atoms with E-state index in [0.29, 0.717) is 23.2 Å². The van der Waals surface area contributed by atoms with Crippen LogP contribution < -0.4 is 5.32 Å². The first-order valence-electron chi connectivity index (χ1n) is 13.8. The number of aromatic nitrogens is 1. The molecule has 0 spiro atoms. The number of carbonyl (C=O) groups is 2. The Kier molecular flexibility index (Phi) is 7.88. The summed E-state index contributed by atoms with van der Waals surface area (Å²) in [5, 5.41) is 13.2. The van der Waals surface area contributed by atoms with E-state index in [-0.39, 0.29) is 11.1 Å². The van der Waals surface area contributed by atoms with Crippen molar-refractivity contribution in [1.82, 2.24) is 9.88 Å². The average molecular weight is 585 g/mol. The summed E-state index contributed by atoms with van der Waals surface area (Å²) < 4.78 is 43.2. The second-order valence-corrected chi connectivity index (χ2v) is 10.9. The van der Waals surface area contributed by atoms with E-state index in [9.17, 15) is 27.9 Å². The molecule has 0 aliphatic rings. The molecule has 8 heteroatoms. The van der Waals surface area contributed by atoms with Gasteiger partial charge in [-0.25, -0.2) is 4.79 Å². The quantitative estimate of drug-likeness (QED) is 0.202. The fourth-order valence-corrected chi connectivity index (χ4v) is 5.54. The lowest BCUT2D eigenvalue weighted by atomic mass is 9.98. The van der Waals surface area contributed by atoms with E-state index in [2.05, 4.69) is 9.88 Å². The molecule has 43 heavy (non-hydrogen) atoms. The van der Waals surface area contributed by atoms with Gasteiger partial charge in [0.15, 0.2) is 0 Å². The Morgan fingerprint density at radius 3 is 2.28 bits per heavy atom. The van der Waals surface area contributed by atoms with Gasteiger partial charge in [0, 0.05) is 28.7 Å². The Morgan fingerprint density at radius 1 is 0.907 bits per heavy atom. The lowest BCUT2D eigenvalue weighted by Gasteiger charge is -2.20. The second-order valence-electron chi connectivity index (χ2n) is 10.9. The zero-order chi connectivity index (χ0) is 31.1. The fraction of sp³-hybridized carbons (Fsp3) is 0.200. The predicted molar refractivity (Wildman–Crippen MR) is 161 cm³/mol. The van der Waals surface area contributed by atoms with Crippen molar-refractivity contribution in [2.45, 2.75) is 46.5 Å². The lowest BCUT2D eigenvalue weighted by molar-refractivity contribution is -0.138. The van der Waals surface area contributed by atoms with Crippen LogP contribution in [0.5, 0.6) is 0 Å². The largest absolute Gasteiger partial charge is 0.478 e. The number of hydrogen-bond acceptors (Lipinski definition) is 2. The number of hydrogen-bond donors (Lipinski definition) is 2. The van der Waals surface area contributed by atoms with E-state index in [1.807, 2.05) is 50.2 Å². The van der Waals surface area contributed by atoms with Crippen molar-refractivity contribution in [1.29, 1.82) is 0 Å². The summed E-state index contributed by atoms with van der Waals surface area (Å²) in [6.45, 7) is 7.70. The van der Waals surface area contributed by atoms with E-state index in [1.54, 1.807) is 50.2 Å². The maximum absolute atomic E-state index is 13.7. The third-order valence-electron chi connectivity index (χ3n) is 7.99. The Labute approximate surface area is 247 Å². The third kappa shape index (κ3) is 5.91. The maximum atomic E-state index is 13.7. The summed E-state index contributed by atoms with van der Waals surface area (Å²) in [4.78, 5) is 24.8. The molecule has 5 nitrogen and oxygen atoms in total. The Morgan fingerprint density at radius 2 is 1.60 bits per heavy atom. The van der Waals surface area contributed by atoms with Crippen molar-refractivity contribution in [2.24, 2.45) is 0 Å². The Bertz CT molecular complexity index is 1850. The van der Waals surface area contributed by atoms with Gasteiger partial charge in [-0.1, -0.05) is 60.2 Å². The maximum Gasteiger partial charge on any atom is 0.416 e. The molecule has 4 aromatic carbocycles. The molecule has 2 N–H and O–H groups in total. The van der Waals surface area contributed by atoms with Crippen LogP contribution in [0.2, 0.25) is 0 Å². The van der Waals surface area contributed by atoms with Gasteiger partial charge in [0.05, 0.1) is 17.2 Å². The van der Waals surface area contributed by atoms with Crippen molar-refractivity contribution in [2.75, 3.05) is 0 Å². The first kappa shape index (κ1) is 29.6. The molecule has 1 heterocycles. The summed E-state index contributed by atoms with van der Waals surface area (Å²) >= 11 is 0. The zero-order valence-corrected chi connectivity index (χ0v) is 24.2. The highest BCUT2D eigenvalue weighted by Crippen LogP contribution is 2.35. The number of benzene rings is 4. The third-order valence-corrected chi connectivity index (χ3v) is 7.99. The SMILES string of the molecule is Cc1ccc([C@@H](C)NC(=O)c2ccc3c(c2)c(C)c(C)n3Cc2ccc(-c3ccccc3C(=O)O)cc2)c(C(F)(F)F)c1. The Hall–Kier alpha value is -4.85. The van der Waals surface area contributed by atoms with E-state index < -0.39 is 29.7 Å². The van der Waals surface area contributed by atoms with Crippen LogP contribution in [0.3, 0.4) is 0 Å². The summed E-state index contributed by atoms with van der Waals surface area (Å²) in [7, 11) is 0. The Balaban J connectivity index is 1.39. The van der Waals surface area contributed by atoms with Gasteiger partial charge in [0.25, 0.3) is 5.91 Å². The molecule has 0 saturated heterocycles. The minimum absolute atomic E-state index is 0.0168. The van der Waals surface area contributed by atoms with Crippen molar-refractivity contribution >= 4 is 22.8 Å². The summed E-state index contributed by atoms with van der Waals surface area (Å²) in [5.41, 5.74) is 5.80. The van der Waals surface area contributed by atoms with Crippen LogP contribution in [0.25, 0.3) is 22.0 Å². The molecule has 1 atom stereocenters. The molecule has 5 aromatic rings. The molecule has 220 valence electrons. The highest BCUT2D eigenvalue weighted by atomic mass is 19.4. The van der Waals surface area contributed by atoms with Crippen molar-refractivity contribution < 1.29 is 27.9 Å². The van der Waals surface area contributed by atoms with Gasteiger partial charge < -0.3 is 15.0 Å². The minimum Gasteiger partial charge on any atom is -0.478 e. The topological polar surface area (TPSA) is 71.3 Å². The van der Waals surface area contributed by atoms with Crippen LogP contribution in [0.4, 0.5) is 13.2 Å². The van der Waals surface area contributed by atoms with Crippen LogP contribution in [-0.4, -0.2) is 21.6 Å². The van der Waals surface area contributed by atoms with E-state index in [4.69, 9.17) is 0 Å². The number of halogens is 3. The van der Waals surface area contributed by atoms with Gasteiger partial charge >= 0.3 is 12.1 Å². The normalized spacial score (nSPS) is 12.3. The molecule has 1 amide bonds. The number of nitrogens with zero attached hydrogens (tertiary/aromatic N) is 1. The summed E-state index contributed by atoms with van der Waals surface area (Å²) in [5.74, 6) is -1.43. The van der Waals surface area contributed by atoms with Crippen molar-refractivity contribution in [3.05, 3.63) is 130 Å². The molecule has 0 aliphatic heterocycles. The molecule has 0 fully saturated rings. The number of carboxylic acid groups (broad SMARTS) is 1. The molecule has 0 bridgehead atoms. The lowest BCUT2D eigenvalue weighted by Crippen LogP contribution is -2.28. The van der Waals surface area contributed by atoms with Gasteiger partial charge in [-0.3, -0.25) is 4.79 Å². The van der Waals surface area contributed by atoms with E-state index in [0.717, 1.165) is 39.4 Å². The number of aromatic carboxylic acids is 1. The average Bonchev–Trinajstić information content (AvgIpc) is 3.21. The van der Waals surface area contributed by atoms with Crippen LogP contribution in [-0.2, 0) is 12.7 Å². The molecule has 0 unspecified atom stereocenters. The molecule has 5 rings (SSSR count). The number of alkyl halides is 3.